The number of thiophene rings is 1. The Morgan fingerprint density at radius 2 is 1.92 bits per heavy atom. The molecular weight excluding hydrogens is 514 g/mol. The molecular formula is C27H30ClN3O5S. The summed E-state index contributed by atoms with van der Waals surface area (Å²) in [7, 11) is 1.50. The number of nitrogens with zero attached hydrogens (tertiary/aromatic N) is 1. The molecule has 2 amide bonds. The van der Waals surface area contributed by atoms with Gasteiger partial charge in [-0.3, -0.25) is 10.1 Å². The van der Waals surface area contributed by atoms with Gasteiger partial charge in [-0.25, -0.2) is 4.79 Å². The van der Waals surface area contributed by atoms with Crippen LogP contribution in [0.3, 0.4) is 0 Å². The summed E-state index contributed by atoms with van der Waals surface area (Å²) in [6, 6.07) is 12.9. The van der Waals surface area contributed by atoms with E-state index in [0.29, 0.717) is 47.8 Å². The summed E-state index contributed by atoms with van der Waals surface area (Å²) in [5, 5.41) is 19.5. The van der Waals surface area contributed by atoms with Crippen LogP contribution in [0.15, 0.2) is 53.2 Å². The first-order valence-electron chi connectivity index (χ1n) is 12.1. The van der Waals surface area contributed by atoms with Gasteiger partial charge in [-0.05, 0) is 47.4 Å². The Balaban J connectivity index is 1.21. The average molecular weight is 544 g/mol. The number of likely N-dealkylation sites (tertiary alicyclic amines) is 1. The molecule has 0 spiro atoms. The number of hydrogen-bond donors (Lipinski definition) is 3. The summed E-state index contributed by atoms with van der Waals surface area (Å²) in [6.45, 7) is 1.84. The van der Waals surface area contributed by atoms with Crippen LogP contribution < -0.4 is 15.4 Å². The second-order valence-corrected chi connectivity index (χ2v) is 9.92. The SMILES string of the molecule is COc1cc(NC(=O)CCN2CCC(OC(=O)Nc3ccccc3-c3ccsc3)CC2)c(Cl)cc1CO. The fourth-order valence-corrected chi connectivity index (χ4v) is 5.17. The molecule has 3 N–H and O–H groups in total. The molecule has 4 rings (SSSR count). The third kappa shape index (κ3) is 7.23. The summed E-state index contributed by atoms with van der Waals surface area (Å²) in [5.74, 6) is 0.297. The molecule has 1 aliphatic rings. The van der Waals surface area contributed by atoms with Gasteiger partial charge in [0.25, 0.3) is 0 Å². The zero-order valence-corrected chi connectivity index (χ0v) is 22.1. The van der Waals surface area contributed by atoms with Crippen molar-refractivity contribution in [2.75, 3.05) is 37.4 Å². The molecule has 196 valence electrons. The third-order valence-electron chi connectivity index (χ3n) is 6.27. The minimum Gasteiger partial charge on any atom is -0.496 e. The molecule has 0 saturated carbocycles. The van der Waals surface area contributed by atoms with E-state index in [9.17, 15) is 14.7 Å². The van der Waals surface area contributed by atoms with Gasteiger partial charge in [0.2, 0.25) is 5.91 Å². The molecule has 0 atom stereocenters. The number of aliphatic hydroxyl groups is 1. The number of para-hydroxylation sites is 1. The van der Waals surface area contributed by atoms with Gasteiger partial charge < -0.3 is 24.8 Å². The molecule has 0 unspecified atom stereocenters. The maximum Gasteiger partial charge on any atom is 0.411 e. The molecule has 2 heterocycles. The van der Waals surface area contributed by atoms with E-state index in [1.165, 1.54) is 7.11 Å². The van der Waals surface area contributed by atoms with Gasteiger partial charge in [-0.1, -0.05) is 29.8 Å². The summed E-state index contributed by atoms with van der Waals surface area (Å²) in [5.41, 5.74) is 3.73. The van der Waals surface area contributed by atoms with Gasteiger partial charge in [0.15, 0.2) is 0 Å². The summed E-state index contributed by atoms with van der Waals surface area (Å²) in [6.07, 6.45) is 1.07. The van der Waals surface area contributed by atoms with Crippen LogP contribution in [0.2, 0.25) is 5.02 Å². The number of carbonyl (C=O) groups excluding carboxylic acids is 2. The Morgan fingerprint density at radius 3 is 2.62 bits per heavy atom. The number of nitrogens with one attached hydrogen (secondary N) is 2. The standard InChI is InChI=1S/C27H30ClN3O5S/c1-35-25-15-24(22(28)14-19(25)16-32)29-26(33)8-12-31-10-6-20(7-11-31)36-27(34)30-23-5-3-2-4-21(23)18-9-13-37-17-18/h2-5,9,13-15,17,20,32H,6-8,10-12,16H2,1H3,(H,29,33)(H,30,34). The highest BCUT2D eigenvalue weighted by molar-refractivity contribution is 7.08. The van der Waals surface area contributed by atoms with Gasteiger partial charge in [0, 0.05) is 43.2 Å². The number of aliphatic hydroxyl groups excluding tert-OH is 1. The maximum absolute atomic E-state index is 12.6. The molecule has 0 bridgehead atoms. The molecule has 1 saturated heterocycles. The predicted molar refractivity (Wildman–Crippen MR) is 146 cm³/mol. The lowest BCUT2D eigenvalue weighted by atomic mass is 10.1. The Bertz CT molecular complexity index is 1210. The van der Waals surface area contributed by atoms with Crippen LogP contribution in [0, 0.1) is 0 Å². The number of benzene rings is 2. The predicted octanol–water partition coefficient (Wildman–Crippen LogP) is 5.61. The number of rotatable bonds is 9. The number of methoxy groups -OCH3 is 1. The fourth-order valence-electron chi connectivity index (χ4n) is 4.28. The molecule has 0 aliphatic carbocycles. The molecule has 3 aromatic rings. The van der Waals surface area contributed by atoms with Crippen LogP contribution in [0.25, 0.3) is 11.1 Å². The van der Waals surface area contributed by atoms with Gasteiger partial charge in [0.05, 0.1) is 30.1 Å². The van der Waals surface area contributed by atoms with E-state index in [4.69, 9.17) is 21.1 Å². The number of anilines is 2. The average Bonchev–Trinajstić information content (AvgIpc) is 3.44. The highest BCUT2D eigenvalue weighted by atomic mass is 35.5. The maximum atomic E-state index is 12.6. The Hall–Kier alpha value is -3.11. The number of ether oxygens (including phenoxy) is 2. The molecule has 2 aromatic carbocycles. The molecule has 10 heteroatoms. The number of halogens is 1. The van der Waals surface area contributed by atoms with E-state index in [0.717, 1.165) is 29.9 Å². The normalized spacial score (nSPS) is 14.2. The minimum atomic E-state index is -0.458. The van der Waals surface area contributed by atoms with Crippen molar-refractivity contribution < 1.29 is 24.2 Å². The van der Waals surface area contributed by atoms with Crippen molar-refractivity contribution in [1.82, 2.24) is 4.90 Å². The van der Waals surface area contributed by atoms with E-state index >= 15 is 0 Å². The van der Waals surface area contributed by atoms with Crippen LogP contribution >= 0.6 is 22.9 Å². The number of amides is 2. The van der Waals surface area contributed by atoms with Crippen LogP contribution in [0.5, 0.6) is 5.75 Å². The molecule has 37 heavy (non-hydrogen) atoms. The van der Waals surface area contributed by atoms with Crippen LogP contribution in [-0.4, -0.2) is 54.9 Å². The number of carbonyl (C=O) groups is 2. The Labute approximate surface area is 225 Å². The first kappa shape index (κ1) is 26.9. The lowest BCUT2D eigenvalue weighted by Gasteiger charge is -2.31. The smallest absolute Gasteiger partial charge is 0.411 e. The molecule has 1 fully saturated rings. The largest absolute Gasteiger partial charge is 0.496 e. The quantitative estimate of drug-likeness (QED) is 0.324. The highest BCUT2D eigenvalue weighted by Crippen LogP contribution is 2.32. The van der Waals surface area contributed by atoms with Crippen molar-refractivity contribution in [3.8, 4) is 16.9 Å². The third-order valence-corrected chi connectivity index (χ3v) is 7.27. The highest BCUT2D eigenvalue weighted by Gasteiger charge is 2.23. The van der Waals surface area contributed by atoms with Crippen molar-refractivity contribution in [2.24, 2.45) is 0 Å². The zero-order chi connectivity index (χ0) is 26.2. The molecule has 8 nitrogen and oxygen atoms in total. The molecule has 1 aromatic heterocycles. The van der Waals surface area contributed by atoms with E-state index in [2.05, 4.69) is 15.5 Å². The Morgan fingerprint density at radius 1 is 1.14 bits per heavy atom. The van der Waals surface area contributed by atoms with Crippen LogP contribution in [0.1, 0.15) is 24.8 Å². The lowest BCUT2D eigenvalue weighted by molar-refractivity contribution is -0.116. The van der Waals surface area contributed by atoms with Gasteiger partial charge >= 0.3 is 6.09 Å². The summed E-state index contributed by atoms with van der Waals surface area (Å²) >= 11 is 7.84. The van der Waals surface area contributed by atoms with Crippen molar-refractivity contribution in [2.45, 2.75) is 32.0 Å². The molecule has 1 aliphatic heterocycles. The van der Waals surface area contributed by atoms with Gasteiger partial charge in [0.1, 0.15) is 11.9 Å². The first-order valence-corrected chi connectivity index (χ1v) is 13.4. The van der Waals surface area contributed by atoms with E-state index < -0.39 is 6.09 Å². The van der Waals surface area contributed by atoms with Crippen molar-refractivity contribution in [3.63, 3.8) is 0 Å². The lowest BCUT2D eigenvalue weighted by Crippen LogP contribution is -2.39. The topological polar surface area (TPSA) is 100 Å². The minimum absolute atomic E-state index is 0.164. The van der Waals surface area contributed by atoms with E-state index in [1.54, 1.807) is 23.5 Å². The Kier molecular flexibility index (Phi) is 9.40. The summed E-state index contributed by atoms with van der Waals surface area (Å²) < 4.78 is 10.9. The van der Waals surface area contributed by atoms with Gasteiger partial charge in [-0.15, -0.1) is 0 Å². The zero-order valence-electron chi connectivity index (χ0n) is 20.5. The van der Waals surface area contributed by atoms with Crippen molar-refractivity contribution >= 4 is 46.3 Å². The monoisotopic (exact) mass is 543 g/mol. The second kappa shape index (κ2) is 12.9. The van der Waals surface area contributed by atoms with E-state index in [-0.39, 0.29) is 18.6 Å². The second-order valence-electron chi connectivity index (χ2n) is 8.73. The van der Waals surface area contributed by atoms with Crippen LogP contribution in [0.4, 0.5) is 16.2 Å². The molecule has 0 radical (unpaired) electrons. The van der Waals surface area contributed by atoms with Crippen molar-refractivity contribution in [3.05, 3.63) is 63.8 Å². The number of piperidine rings is 1. The fraction of sp³-hybridized carbons (Fsp3) is 0.333. The van der Waals surface area contributed by atoms with Gasteiger partial charge in [-0.2, -0.15) is 11.3 Å². The van der Waals surface area contributed by atoms with E-state index in [1.807, 2.05) is 41.1 Å². The first-order chi connectivity index (χ1) is 18.0. The summed E-state index contributed by atoms with van der Waals surface area (Å²) in [4.78, 5) is 27.2. The number of hydrogen-bond acceptors (Lipinski definition) is 7. The van der Waals surface area contributed by atoms with Crippen LogP contribution in [-0.2, 0) is 16.1 Å². The van der Waals surface area contributed by atoms with Crippen molar-refractivity contribution in [1.29, 1.82) is 0 Å².